The van der Waals surface area contributed by atoms with Crippen LogP contribution in [0.2, 0.25) is 0 Å². The molecular weight excluding hydrogens is 428 g/mol. The van der Waals surface area contributed by atoms with Gasteiger partial charge in [-0.3, -0.25) is 19.3 Å². The van der Waals surface area contributed by atoms with E-state index in [9.17, 15) is 14.4 Å². The van der Waals surface area contributed by atoms with Crippen molar-refractivity contribution in [3.05, 3.63) is 69.7 Å². The van der Waals surface area contributed by atoms with Crippen molar-refractivity contribution in [3.63, 3.8) is 0 Å². The molecule has 1 N–H and O–H groups in total. The van der Waals surface area contributed by atoms with Gasteiger partial charge < -0.3 is 10.1 Å². The largest absolute Gasteiger partial charge is 0.493 e. The molecule has 1 aliphatic rings. The van der Waals surface area contributed by atoms with Crippen molar-refractivity contribution in [2.24, 2.45) is 0 Å². The summed E-state index contributed by atoms with van der Waals surface area (Å²) in [7, 11) is 0. The molecule has 0 aliphatic carbocycles. The SMILES string of the molecule is Cc1cc(C)cc(OCCc2nnc(NC(=O)CCN3C(=O)c4ccccc4C3=O)s2)c1. The summed E-state index contributed by atoms with van der Waals surface area (Å²) in [5.41, 5.74) is 3.02. The third kappa shape index (κ3) is 4.83. The van der Waals surface area contributed by atoms with Crippen molar-refractivity contribution in [2.45, 2.75) is 26.7 Å². The number of aryl methyl sites for hydroxylation is 2. The van der Waals surface area contributed by atoms with Crippen molar-refractivity contribution in [3.8, 4) is 5.75 Å². The first-order valence-corrected chi connectivity index (χ1v) is 11.0. The summed E-state index contributed by atoms with van der Waals surface area (Å²) in [5, 5.41) is 11.9. The Morgan fingerprint density at radius 1 is 1.03 bits per heavy atom. The van der Waals surface area contributed by atoms with E-state index in [-0.39, 0.29) is 30.7 Å². The van der Waals surface area contributed by atoms with Crippen LogP contribution in [0.25, 0.3) is 0 Å². The predicted octanol–water partition coefficient (Wildman–Crippen LogP) is 3.40. The number of aromatic nitrogens is 2. The normalized spacial score (nSPS) is 12.8. The first-order chi connectivity index (χ1) is 15.4. The second-order valence-electron chi connectivity index (χ2n) is 7.53. The fourth-order valence-corrected chi connectivity index (χ4v) is 4.25. The summed E-state index contributed by atoms with van der Waals surface area (Å²) in [5.74, 6) is -0.273. The molecule has 0 radical (unpaired) electrons. The molecule has 164 valence electrons. The maximum Gasteiger partial charge on any atom is 0.261 e. The van der Waals surface area contributed by atoms with Gasteiger partial charge in [-0.05, 0) is 49.2 Å². The minimum atomic E-state index is -0.375. The first kappa shape index (κ1) is 21.6. The number of hydrogen-bond acceptors (Lipinski definition) is 7. The highest BCUT2D eigenvalue weighted by molar-refractivity contribution is 7.15. The Balaban J connectivity index is 1.24. The van der Waals surface area contributed by atoms with E-state index in [1.54, 1.807) is 24.3 Å². The topological polar surface area (TPSA) is 101 Å². The second-order valence-corrected chi connectivity index (χ2v) is 8.59. The van der Waals surface area contributed by atoms with Gasteiger partial charge in [0.25, 0.3) is 11.8 Å². The molecule has 2 aromatic carbocycles. The molecular formula is C23H22N4O4S. The molecule has 0 spiro atoms. The van der Waals surface area contributed by atoms with Gasteiger partial charge in [-0.2, -0.15) is 0 Å². The van der Waals surface area contributed by atoms with Gasteiger partial charge in [0.15, 0.2) is 0 Å². The molecule has 9 heteroatoms. The number of ether oxygens (including phenoxy) is 1. The molecule has 0 saturated heterocycles. The van der Waals surface area contributed by atoms with Crippen molar-refractivity contribution in [2.75, 3.05) is 18.5 Å². The molecule has 4 rings (SSSR count). The Kier molecular flexibility index (Phi) is 6.27. The average Bonchev–Trinajstić information content (AvgIpc) is 3.29. The fourth-order valence-electron chi connectivity index (χ4n) is 3.51. The monoisotopic (exact) mass is 450 g/mol. The number of carbonyl (C=O) groups excluding carboxylic acids is 3. The van der Waals surface area contributed by atoms with Crippen LogP contribution < -0.4 is 10.1 Å². The zero-order chi connectivity index (χ0) is 22.7. The molecule has 2 heterocycles. The Labute approximate surface area is 189 Å². The van der Waals surface area contributed by atoms with Gasteiger partial charge in [0.1, 0.15) is 10.8 Å². The number of fused-ring (bicyclic) bond motifs is 1. The van der Waals surface area contributed by atoms with Crippen LogP contribution in [0.1, 0.15) is 43.3 Å². The smallest absolute Gasteiger partial charge is 0.261 e. The molecule has 1 aromatic heterocycles. The maximum atomic E-state index is 12.4. The summed E-state index contributed by atoms with van der Waals surface area (Å²) in [6.45, 7) is 4.50. The van der Waals surface area contributed by atoms with Crippen LogP contribution in [0.15, 0.2) is 42.5 Å². The van der Waals surface area contributed by atoms with Gasteiger partial charge in [-0.25, -0.2) is 0 Å². The highest BCUT2D eigenvalue weighted by atomic mass is 32.1. The zero-order valence-electron chi connectivity index (χ0n) is 17.8. The third-order valence-corrected chi connectivity index (χ3v) is 5.83. The van der Waals surface area contributed by atoms with Gasteiger partial charge in [-0.15, -0.1) is 10.2 Å². The predicted molar refractivity (Wildman–Crippen MR) is 120 cm³/mol. The lowest BCUT2D eigenvalue weighted by molar-refractivity contribution is -0.116. The molecule has 3 amide bonds. The summed E-state index contributed by atoms with van der Waals surface area (Å²) in [6.07, 6.45) is 0.547. The standard InChI is InChI=1S/C23H22N4O4S/c1-14-11-15(2)13-16(12-14)31-10-8-20-25-26-23(32-20)24-19(28)7-9-27-21(29)17-5-3-4-6-18(17)22(27)30/h3-6,11-13H,7-10H2,1-2H3,(H,24,26,28). The summed E-state index contributed by atoms with van der Waals surface area (Å²) < 4.78 is 5.79. The first-order valence-electron chi connectivity index (χ1n) is 10.2. The van der Waals surface area contributed by atoms with Gasteiger partial charge in [-0.1, -0.05) is 29.5 Å². The number of amides is 3. The Hall–Kier alpha value is -3.59. The molecule has 1 aliphatic heterocycles. The van der Waals surface area contributed by atoms with Crippen LogP contribution in [0, 0.1) is 13.8 Å². The van der Waals surface area contributed by atoms with Gasteiger partial charge in [0, 0.05) is 19.4 Å². The van der Waals surface area contributed by atoms with E-state index in [0.29, 0.717) is 29.3 Å². The van der Waals surface area contributed by atoms with Gasteiger partial charge in [0.2, 0.25) is 11.0 Å². The minimum absolute atomic E-state index is 0.00753. The van der Waals surface area contributed by atoms with Crippen molar-refractivity contribution < 1.29 is 19.1 Å². The summed E-state index contributed by atoms with van der Waals surface area (Å²) in [4.78, 5) is 38.1. The minimum Gasteiger partial charge on any atom is -0.493 e. The number of carbonyl (C=O) groups is 3. The summed E-state index contributed by atoms with van der Waals surface area (Å²) in [6, 6.07) is 12.7. The molecule has 32 heavy (non-hydrogen) atoms. The summed E-state index contributed by atoms with van der Waals surface area (Å²) >= 11 is 1.27. The molecule has 3 aromatic rings. The van der Waals surface area contributed by atoms with E-state index in [1.807, 2.05) is 26.0 Å². The van der Waals surface area contributed by atoms with Gasteiger partial charge >= 0.3 is 0 Å². The molecule has 0 saturated carbocycles. The highest BCUT2D eigenvalue weighted by Crippen LogP contribution is 2.23. The zero-order valence-corrected chi connectivity index (χ0v) is 18.6. The van der Waals surface area contributed by atoms with E-state index >= 15 is 0 Å². The molecule has 0 unspecified atom stereocenters. The lowest BCUT2D eigenvalue weighted by Gasteiger charge is -2.12. The number of nitrogens with zero attached hydrogens (tertiary/aromatic N) is 3. The highest BCUT2D eigenvalue weighted by Gasteiger charge is 2.35. The maximum absolute atomic E-state index is 12.4. The van der Waals surface area contributed by atoms with E-state index in [4.69, 9.17) is 4.74 Å². The third-order valence-electron chi connectivity index (χ3n) is 4.93. The van der Waals surface area contributed by atoms with Crippen molar-refractivity contribution >= 4 is 34.2 Å². The van der Waals surface area contributed by atoms with Crippen LogP contribution in [-0.2, 0) is 11.2 Å². The number of nitrogens with one attached hydrogen (secondary N) is 1. The second kappa shape index (κ2) is 9.27. The van der Waals surface area contributed by atoms with Crippen LogP contribution in [0.5, 0.6) is 5.75 Å². The molecule has 0 atom stereocenters. The number of rotatable bonds is 8. The van der Waals surface area contributed by atoms with Crippen molar-refractivity contribution in [1.82, 2.24) is 15.1 Å². The Bertz CT molecular complexity index is 1130. The van der Waals surface area contributed by atoms with Gasteiger partial charge in [0.05, 0.1) is 17.7 Å². The Morgan fingerprint density at radius 2 is 1.69 bits per heavy atom. The molecule has 0 fully saturated rings. The van der Waals surface area contributed by atoms with E-state index in [0.717, 1.165) is 26.8 Å². The van der Waals surface area contributed by atoms with Crippen molar-refractivity contribution in [1.29, 1.82) is 0 Å². The lowest BCUT2D eigenvalue weighted by Crippen LogP contribution is -2.32. The van der Waals surface area contributed by atoms with E-state index in [1.165, 1.54) is 11.3 Å². The molecule has 0 bridgehead atoms. The number of imide groups is 1. The van der Waals surface area contributed by atoms with Crippen LogP contribution in [0.4, 0.5) is 5.13 Å². The molecule has 8 nitrogen and oxygen atoms in total. The lowest BCUT2D eigenvalue weighted by atomic mass is 10.1. The van der Waals surface area contributed by atoms with E-state index in [2.05, 4.69) is 21.6 Å². The van der Waals surface area contributed by atoms with E-state index < -0.39 is 0 Å². The number of hydrogen-bond donors (Lipinski definition) is 1. The number of anilines is 1. The quantitative estimate of drug-likeness (QED) is 0.528. The number of benzene rings is 2. The van der Waals surface area contributed by atoms with Crippen LogP contribution >= 0.6 is 11.3 Å². The fraction of sp³-hybridized carbons (Fsp3) is 0.261. The Morgan fingerprint density at radius 3 is 2.34 bits per heavy atom. The van der Waals surface area contributed by atoms with Crippen LogP contribution in [-0.4, -0.2) is 46.0 Å². The van der Waals surface area contributed by atoms with Crippen LogP contribution in [0.3, 0.4) is 0 Å². The average molecular weight is 451 g/mol.